The van der Waals surface area contributed by atoms with Crippen LogP contribution < -0.4 is 0 Å². The quantitative estimate of drug-likeness (QED) is 0.683. The monoisotopic (exact) mass is 240 g/mol. The fourth-order valence-electron chi connectivity index (χ4n) is 3.46. The van der Waals surface area contributed by atoms with Crippen LogP contribution in [0.1, 0.15) is 67.0 Å². The number of hydrogen-bond acceptors (Lipinski definition) is 0. The topological polar surface area (TPSA) is 0 Å². The molecule has 0 amide bonds. The molecule has 1 aromatic rings. The van der Waals surface area contributed by atoms with Gasteiger partial charge in [0.25, 0.3) is 0 Å². The molecule has 0 nitrogen and oxygen atoms in total. The molecular formula is C18H24. The Morgan fingerprint density at radius 3 is 2.17 bits per heavy atom. The summed E-state index contributed by atoms with van der Waals surface area (Å²) in [5.74, 6) is 0.574. The molecule has 0 bridgehead atoms. The molecule has 0 heterocycles. The van der Waals surface area contributed by atoms with Crippen molar-refractivity contribution >= 4 is 12.2 Å². The summed E-state index contributed by atoms with van der Waals surface area (Å²) in [7, 11) is 0. The van der Waals surface area contributed by atoms with E-state index in [0.29, 0.717) is 5.92 Å². The molecular weight excluding hydrogens is 216 g/mol. The van der Waals surface area contributed by atoms with E-state index >= 15 is 0 Å². The van der Waals surface area contributed by atoms with Gasteiger partial charge in [0.2, 0.25) is 0 Å². The predicted molar refractivity (Wildman–Crippen MR) is 82.1 cm³/mol. The maximum Gasteiger partial charge on any atom is 0.000177 e. The van der Waals surface area contributed by atoms with Crippen LogP contribution in [0.2, 0.25) is 0 Å². The van der Waals surface area contributed by atoms with Gasteiger partial charge in [0, 0.05) is 5.92 Å². The van der Waals surface area contributed by atoms with Crippen molar-refractivity contribution in [1.29, 1.82) is 0 Å². The third kappa shape index (κ3) is 1.75. The van der Waals surface area contributed by atoms with Crippen LogP contribution in [0.5, 0.6) is 0 Å². The van der Waals surface area contributed by atoms with Crippen LogP contribution in [-0.2, 0) is 19.3 Å². The summed E-state index contributed by atoms with van der Waals surface area (Å²) in [4.78, 5) is 0. The standard InChI is InChI=1S/C18H24/c1-6-13-14(7-2)16(9-4)18-12(5)10-11-17(18)15(13)8-3/h6,10-12H,1,7-9H2,2-5H3. The van der Waals surface area contributed by atoms with Crippen molar-refractivity contribution in [2.75, 3.05) is 0 Å². The summed E-state index contributed by atoms with van der Waals surface area (Å²) in [5.41, 5.74) is 9.05. The molecule has 96 valence electrons. The molecule has 0 heteroatoms. The van der Waals surface area contributed by atoms with Crippen molar-refractivity contribution in [2.45, 2.75) is 52.9 Å². The first-order valence-electron chi connectivity index (χ1n) is 7.20. The zero-order chi connectivity index (χ0) is 13.3. The van der Waals surface area contributed by atoms with Crippen molar-refractivity contribution in [3.05, 3.63) is 46.0 Å². The van der Waals surface area contributed by atoms with E-state index in [4.69, 9.17) is 0 Å². The molecule has 1 atom stereocenters. The molecule has 0 saturated heterocycles. The number of fused-ring (bicyclic) bond motifs is 1. The highest BCUT2D eigenvalue weighted by Gasteiger charge is 2.24. The predicted octanol–water partition coefficient (Wildman–Crippen LogP) is 5.15. The normalized spacial score (nSPS) is 17.0. The van der Waals surface area contributed by atoms with Crippen LogP contribution in [0.15, 0.2) is 12.7 Å². The van der Waals surface area contributed by atoms with Gasteiger partial charge in [-0.05, 0) is 52.6 Å². The van der Waals surface area contributed by atoms with E-state index in [-0.39, 0.29) is 0 Å². The first kappa shape index (κ1) is 13.1. The van der Waals surface area contributed by atoms with Gasteiger partial charge in [-0.2, -0.15) is 0 Å². The summed E-state index contributed by atoms with van der Waals surface area (Å²) in [6, 6.07) is 0. The van der Waals surface area contributed by atoms with Crippen LogP contribution in [0.3, 0.4) is 0 Å². The highest BCUT2D eigenvalue weighted by molar-refractivity contribution is 5.75. The molecule has 0 saturated carbocycles. The molecule has 0 spiro atoms. The molecule has 0 fully saturated rings. The number of hydrogen-bond donors (Lipinski definition) is 0. The minimum absolute atomic E-state index is 0.574. The van der Waals surface area contributed by atoms with Crippen LogP contribution in [0.4, 0.5) is 0 Å². The Hall–Kier alpha value is -1.30. The largest absolute Gasteiger partial charge is 0.0984 e. The molecule has 0 aromatic heterocycles. The summed E-state index contributed by atoms with van der Waals surface area (Å²) < 4.78 is 0. The van der Waals surface area contributed by atoms with Gasteiger partial charge in [0.1, 0.15) is 0 Å². The zero-order valence-corrected chi connectivity index (χ0v) is 12.1. The van der Waals surface area contributed by atoms with Crippen LogP contribution in [-0.4, -0.2) is 0 Å². The first-order valence-corrected chi connectivity index (χ1v) is 7.20. The van der Waals surface area contributed by atoms with Crippen molar-refractivity contribution in [3.63, 3.8) is 0 Å². The second-order valence-corrected chi connectivity index (χ2v) is 5.09. The van der Waals surface area contributed by atoms with E-state index in [1.807, 2.05) is 0 Å². The third-order valence-electron chi connectivity index (χ3n) is 4.23. The highest BCUT2D eigenvalue weighted by Crippen LogP contribution is 2.40. The lowest BCUT2D eigenvalue weighted by Crippen LogP contribution is -2.07. The average molecular weight is 240 g/mol. The Bertz CT molecular complexity index is 500. The molecule has 1 unspecified atom stereocenters. The second-order valence-electron chi connectivity index (χ2n) is 5.09. The van der Waals surface area contributed by atoms with Gasteiger partial charge in [-0.1, -0.05) is 52.5 Å². The van der Waals surface area contributed by atoms with E-state index in [1.165, 1.54) is 22.3 Å². The van der Waals surface area contributed by atoms with Gasteiger partial charge < -0.3 is 0 Å². The van der Waals surface area contributed by atoms with E-state index in [2.05, 4.69) is 52.5 Å². The number of rotatable bonds is 4. The van der Waals surface area contributed by atoms with E-state index in [1.54, 1.807) is 11.1 Å². The summed E-state index contributed by atoms with van der Waals surface area (Å²) >= 11 is 0. The molecule has 1 aliphatic carbocycles. The number of allylic oxidation sites excluding steroid dienone is 1. The molecule has 1 aromatic carbocycles. The van der Waals surface area contributed by atoms with E-state index in [0.717, 1.165) is 19.3 Å². The van der Waals surface area contributed by atoms with Gasteiger partial charge in [-0.15, -0.1) is 0 Å². The van der Waals surface area contributed by atoms with Crippen molar-refractivity contribution in [3.8, 4) is 0 Å². The Balaban J connectivity index is 2.85. The van der Waals surface area contributed by atoms with Gasteiger partial charge in [-0.25, -0.2) is 0 Å². The Morgan fingerprint density at radius 2 is 1.67 bits per heavy atom. The fraction of sp³-hybridized carbons (Fsp3) is 0.444. The summed E-state index contributed by atoms with van der Waals surface area (Å²) in [5, 5.41) is 0. The Morgan fingerprint density at radius 1 is 1.06 bits per heavy atom. The van der Waals surface area contributed by atoms with Gasteiger partial charge in [0.05, 0.1) is 0 Å². The fourth-order valence-corrected chi connectivity index (χ4v) is 3.46. The average Bonchev–Trinajstić information content (AvgIpc) is 2.77. The van der Waals surface area contributed by atoms with E-state index in [9.17, 15) is 0 Å². The van der Waals surface area contributed by atoms with Crippen molar-refractivity contribution in [2.24, 2.45) is 0 Å². The van der Waals surface area contributed by atoms with Crippen molar-refractivity contribution < 1.29 is 0 Å². The minimum Gasteiger partial charge on any atom is -0.0984 e. The maximum atomic E-state index is 4.04. The van der Waals surface area contributed by atoms with Crippen molar-refractivity contribution in [1.82, 2.24) is 0 Å². The molecule has 0 N–H and O–H groups in total. The SMILES string of the molecule is C=Cc1c(CC)c2c(c(CC)c1CC)C(C)C=C2. The third-order valence-corrected chi connectivity index (χ3v) is 4.23. The maximum absolute atomic E-state index is 4.04. The Kier molecular flexibility index (Phi) is 3.75. The highest BCUT2D eigenvalue weighted by atomic mass is 14.3. The van der Waals surface area contributed by atoms with E-state index < -0.39 is 0 Å². The van der Waals surface area contributed by atoms with Gasteiger partial charge in [0.15, 0.2) is 0 Å². The summed E-state index contributed by atoms with van der Waals surface area (Å²) in [6.07, 6.45) is 10.1. The minimum atomic E-state index is 0.574. The van der Waals surface area contributed by atoms with Crippen LogP contribution in [0.25, 0.3) is 12.2 Å². The zero-order valence-electron chi connectivity index (χ0n) is 12.1. The van der Waals surface area contributed by atoms with Gasteiger partial charge in [-0.3, -0.25) is 0 Å². The molecule has 0 radical (unpaired) electrons. The lowest BCUT2D eigenvalue weighted by molar-refractivity contribution is 0.909. The first-order chi connectivity index (χ1) is 8.69. The van der Waals surface area contributed by atoms with Crippen LogP contribution >= 0.6 is 0 Å². The Labute approximate surface area is 111 Å². The molecule has 0 aliphatic heterocycles. The summed E-state index contributed by atoms with van der Waals surface area (Å²) in [6.45, 7) is 13.2. The lowest BCUT2D eigenvalue weighted by Gasteiger charge is -2.22. The van der Waals surface area contributed by atoms with Gasteiger partial charge >= 0.3 is 0 Å². The molecule has 1 aliphatic rings. The van der Waals surface area contributed by atoms with Crippen LogP contribution in [0, 0.1) is 0 Å². The smallest absolute Gasteiger partial charge is 0.000177 e. The molecule has 18 heavy (non-hydrogen) atoms. The lowest BCUT2D eigenvalue weighted by atomic mass is 9.82. The number of benzene rings is 1. The molecule has 2 rings (SSSR count). The second kappa shape index (κ2) is 5.14.